The summed E-state index contributed by atoms with van der Waals surface area (Å²) < 4.78 is 46.3. The summed E-state index contributed by atoms with van der Waals surface area (Å²) in [5.41, 5.74) is 0. The summed E-state index contributed by atoms with van der Waals surface area (Å²) in [4.78, 5) is 11.8. The number of unbranched alkanes of at least 4 members (excludes halogenated alkanes) is 10. The van der Waals surface area contributed by atoms with E-state index in [0.29, 0.717) is 6.42 Å². The predicted octanol–water partition coefficient (Wildman–Crippen LogP) is 1.30. The van der Waals surface area contributed by atoms with Crippen molar-refractivity contribution in [1.82, 2.24) is 0 Å². The van der Waals surface area contributed by atoms with Crippen LogP contribution < -0.4 is 0 Å². The Labute approximate surface area is 208 Å². The van der Waals surface area contributed by atoms with Crippen LogP contribution in [-0.4, -0.2) is 95.1 Å². The fraction of sp³-hybridized carbons (Fsp3) is 0.957. The van der Waals surface area contributed by atoms with Crippen molar-refractivity contribution in [3.63, 3.8) is 0 Å². The van der Waals surface area contributed by atoms with Crippen LogP contribution >= 0.6 is 0 Å². The van der Waals surface area contributed by atoms with Crippen LogP contribution in [0.5, 0.6) is 0 Å². The lowest BCUT2D eigenvalue weighted by Gasteiger charge is -2.40. The van der Waals surface area contributed by atoms with Crippen molar-refractivity contribution in [2.75, 3.05) is 19.0 Å². The molecule has 1 aliphatic rings. The smallest absolute Gasteiger partial charge is 0.305 e. The first-order chi connectivity index (χ1) is 16.5. The van der Waals surface area contributed by atoms with E-state index in [-0.39, 0.29) is 13.0 Å². The maximum absolute atomic E-state index is 11.8. The molecule has 0 bridgehead atoms. The number of carbonyl (C=O) groups excluding carboxylic acids is 1. The van der Waals surface area contributed by atoms with Crippen LogP contribution in [0, 0.1) is 0 Å². The second-order valence-corrected chi connectivity index (χ2v) is 10.7. The van der Waals surface area contributed by atoms with Crippen molar-refractivity contribution in [3.8, 4) is 0 Å². The molecule has 0 radical (unpaired) electrons. The van der Waals surface area contributed by atoms with Gasteiger partial charge in [0.25, 0.3) is 10.1 Å². The summed E-state index contributed by atoms with van der Waals surface area (Å²) in [6.07, 6.45) is 3.43. The highest BCUT2D eigenvalue weighted by Crippen LogP contribution is 2.23. The van der Waals surface area contributed by atoms with Gasteiger partial charge in [0.2, 0.25) is 0 Å². The van der Waals surface area contributed by atoms with Gasteiger partial charge in [-0.15, -0.1) is 0 Å². The zero-order valence-corrected chi connectivity index (χ0v) is 21.5. The van der Waals surface area contributed by atoms with Gasteiger partial charge in [-0.25, -0.2) is 0 Å². The molecule has 1 heterocycles. The van der Waals surface area contributed by atoms with Gasteiger partial charge in [0.15, 0.2) is 6.29 Å². The van der Waals surface area contributed by atoms with Crippen molar-refractivity contribution < 1.29 is 52.4 Å². The third kappa shape index (κ3) is 14.5. The molecule has 0 amide bonds. The average molecular weight is 529 g/mol. The zero-order valence-electron chi connectivity index (χ0n) is 20.7. The molecule has 0 aromatic heterocycles. The van der Waals surface area contributed by atoms with E-state index in [1.54, 1.807) is 0 Å². The number of hydrogen-bond donors (Lipinski definition) is 5. The van der Waals surface area contributed by atoms with Gasteiger partial charge in [0, 0.05) is 6.42 Å². The average Bonchev–Trinajstić information content (AvgIpc) is 2.80. The Kier molecular flexibility index (Phi) is 16.1. The second kappa shape index (κ2) is 17.6. The molecule has 1 fully saturated rings. The summed E-state index contributed by atoms with van der Waals surface area (Å²) in [5, 5.41) is 39.6. The molecule has 1 unspecified atom stereocenters. The van der Waals surface area contributed by atoms with E-state index in [2.05, 4.69) is 6.92 Å². The van der Waals surface area contributed by atoms with Crippen LogP contribution in [0.4, 0.5) is 0 Å². The van der Waals surface area contributed by atoms with E-state index < -0.39 is 65.3 Å². The lowest BCUT2D eigenvalue weighted by Crippen LogP contribution is -2.60. The largest absolute Gasteiger partial charge is 0.463 e. The molecule has 0 aromatic rings. The maximum Gasteiger partial charge on any atom is 0.305 e. The van der Waals surface area contributed by atoms with Gasteiger partial charge < -0.3 is 34.6 Å². The molecule has 208 valence electrons. The van der Waals surface area contributed by atoms with Gasteiger partial charge in [-0.05, 0) is 6.42 Å². The number of aliphatic hydroxyl groups is 4. The van der Waals surface area contributed by atoms with Gasteiger partial charge in [0.1, 0.15) is 42.9 Å². The predicted molar refractivity (Wildman–Crippen MR) is 127 cm³/mol. The molecule has 0 aromatic carbocycles. The number of esters is 1. The molecular formula is C23H44O11S. The quantitative estimate of drug-likeness (QED) is 0.0926. The standard InChI is InChI=1S/C23H44O11S/c1-2-3-4-5-6-7-8-9-10-11-12-13-19(25)32-14-17(24)15-33-23-22(28)21(27)20(26)18(34-23)16-35(29,30)31/h17-18,20-24,26-28H,2-16H2,1H3,(H,29,30,31)/t17?,18-,20-,21+,22-,23+/m1/s1. The highest BCUT2D eigenvalue weighted by molar-refractivity contribution is 7.85. The molecule has 0 aliphatic carbocycles. The summed E-state index contributed by atoms with van der Waals surface area (Å²) in [6.45, 7) is 1.41. The Morgan fingerprint density at radius 1 is 0.857 bits per heavy atom. The van der Waals surface area contributed by atoms with Crippen LogP contribution in [0.15, 0.2) is 0 Å². The summed E-state index contributed by atoms with van der Waals surface area (Å²) in [7, 11) is -4.53. The Bertz CT molecular complexity index is 672. The van der Waals surface area contributed by atoms with Gasteiger partial charge >= 0.3 is 5.97 Å². The van der Waals surface area contributed by atoms with Gasteiger partial charge in [0.05, 0.1) is 6.61 Å². The molecule has 1 aliphatic heterocycles. The van der Waals surface area contributed by atoms with E-state index in [9.17, 15) is 33.6 Å². The fourth-order valence-electron chi connectivity index (χ4n) is 3.85. The maximum atomic E-state index is 11.8. The minimum Gasteiger partial charge on any atom is -0.463 e. The van der Waals surface area contributed by atoms with Gasteiger partial charge in [-0.3, -0.25) is 9.35 Å². The molecular weight excluding hydrogens is 484 g/mol. The van der Waals surface area contributed by atoms with E-state index in [1.165, 1.54) is 44.9 Å². The van der Waals surface area contributed by atoms with Crippen LogP contribution in [0.2, 0.25) is 0 Å². The number of hydrogen-bond acceptors (Lipinski definition) is 10. The minimum atomic E-state index is -4.53. The normalized spacial score (nSPS) is 25.9. The van der Waals surface area contributed by atoms with Crippen LogP contribution in [0.1, 0.15) is 84.0 Å². The summed E-state index contributed by atoms with van der Waals surface area (Å²) in [6, 6.07) is 0. The third-order valence-corrected chi connectivity index (χ3v) is 6.67. The SMILES string of the molecule is CCCCCCCCCCCCCC(=O)OCC(O)CO[C@H]1O[C@H](CS(=O)(=O)O)[C@@H](O)[C@H](O)[C@H]1O. The fourth-order valence-corrected chi connectivity index (χ4v) is 4.54. The monoisotopic (exact) mass is 528 g/mol. The first-order valence-electron chi connectivity index (χ1n) is 12.6. The molecule has 0 spiro atoms. The third-order valence-electron chi connectivity index (χ3n) is 5.92. The van der Waals surface area contributed by atoms with E-state index in [0.717, 1.165) is 19.3 Å². The number of carbonyl (C=O) groups is 1. The molecule has 35 heavy (non-hydrogen) atoms. The lowest BCUT2D eigenvalue weighted by atomic mass is 10.00. The van der Waals surface area contributed by atoms with E-state index >= 15 is 0 Å². The van der Waals surface area contributed by atoms with Crippen molar-refractivity contribution in [1.29, 1.82) is 0 Å². The van der Waals surface area contributed by atoms with Gasteiger partial charge in [-0.2, -0.15) is 8.42 Å². The van der Waals surface area contributed by atoms with Crippen LogP contribution in [0.3, 0.4) is 0 Å². The Hall–Kier alpha value is -0.860. The molecule has 11 nitrogen and oxygen atoms in total. The van der Waals surface area contributed by atoms with Crippen molar-refractivity contribution in [2.24, 2.45) is 0 Å². The minimum absolute atomic E-state index is 0.246. The van der Waals surface area contributed by atoms with Crippen molar-refractivity contribution in [2.45, 2.75) is 121 Å². The first-order valence-corrected chi connectivity index (χ1v) is 14.3. The Morgan fingerprint density at radius 3 is 1.94 bits per heavy atom. The first kappa shape index (κ1) is 32.2. The zero-order chi connectivity index (χ0) is 26.3. The summed E-state index contributed by atoms with van der Waals surface area (Å²) >= 11 is 0. The van der Waals surface area contributed by atoms with Crippen molar-refractivity contribution in [3.05, 3.63) is 0 Å². The highest BCUT2D eigenvalue weighted by Gasteiger charge is 2.45. The number of aliphatic hydroxyl groups excluding tert-OH is 4. The van der Waals surface area contributed by atoms with Crippen LogP contribution in [-0.2, 0) is 29.1 Å². The number of rotatable bonds is 19. The Morgan fingerprint density at radius 2 is 1.40 bits per heavy atom. The topological polar surface area (TPSA) is 180 Å². The molecule has 5 N–H and O–H groups in total. The summed E-state index contributed by atoms with van der Waals surface area (Å²) in [5.74, 6) is -1.46. The second-order valence-electron chi connectivity index (χ2n) is 9.22. The Balaban J connectivity index is 2.15. The molecule has 0 saturated carbocycles. The van der Waals surface area contributed by atoms with Gasteiger partial charge in [-0.1, -0.05) is 71.1 Å². The van der Waals surface area contributed by atoms with Crippen LogP contribution in [0.25, 0.3) is 0 Å². The number of ether oxygens (including phenoxy) is 3. The highest BCUT2D eigenvalue weighted by atomic mass is 32.2. The van der Waals surface area contributed by atoms with Crippen molar-refractivity contribution >= 4 is 16.1 Å². The molecule has 6 atom stereocenters. The molecule has 1 saturated heterocycles. The van der Waals surface area contributed by atoms with E-state index in [4.69, 9.17) is 18.8 Å². The molecule has 1 rings (SSSR count). The van der Waals surface area contributed by atoms with E-state index in [1.807, 2.05) is 0 Å². The lowest BCUT2D eigenvalue weighted by molar-refractivity contribution is -0.296. The molecule has 12 heteroatoms.